The Morgan fingerprint density at radius 2 is 2.12 bits per heavy atom. The zero-order valence-corrected chi connectivity index (χ0v) is 9.55. The number of aliphatic hydroxyl groups excluding tert-OH is 1. The van der Waals surface area contributed by atoms with Crippen LogP contribution in [0.1, 0.15) is 24.4 Å². The Hall–Kier alpha value is -0.900. The Bertz CT molecular complexity index is 315. The second-order valence-corrected chi connectivity index (χ2v) is 4.44. The highest BCUT2D eigenvalue weighted by atomic mass is 16.3. The molecule has 0 spiro atoms. The number of hydrogen-bond acceptors (Lipinski definition) is 3. The normalized spacial score (nSPS) is 23.5. The van der Waals surface area contributed by atoms with Crippen molar-refractivity contribution in [2.45, 2.75) is 25.0 Å². The molecule has 0 bridgehead atoms. The standard InChI is InChI=1S/C13H20N2O/c14-8-6-13(11-4-2-1-3-5-11)15-9-7-12(16)10-15/h1-5,12-13,16H,6-10,14H2. The summed E-state index contributed by atoms with van der Waals surface area (Å²) < 4.78 is 0. The zero-order valence-electron chi connectivity index (χ0n) is 9.55. The molecule has 0 saturated carbocycles. The van der Waals surface area contributed by atoms with Crippen LogP contribution < -0.4 is 5.73 Å². The summed E-state index contributed by atoms with van der Waals surface area (Å²) in [5, 5.41) is 9.59. The molecular weight excluding hydrogens is 200 g/mol. The topological polar surface area (TPSA) is 49.5 Å². The van der Waals surface area contributed by atoms with E-state index in [9.17, 15) is 5.11 Å². The first-order valence-electron chi connectivity index (χ1n) is 5.98. The van der Waals surface area contributed by atoms with E-state index in [1.54, 1.807) is 0 Å². The fourth-order valence-corrected chi connectivity index (χ4v) is 2.44. The number of nitrogens with two attached hydrogens (primary N) is 1. The molecule has 3 N–H and O–H groups in total. The molecule has 1 aromatic carbocycles. The number of nitrogens with zero attached hydrogens (tertiary/aromatic N) is 1. The van der Waals surface area contributed by atoms with Gasteiger partial charge in [-0.2, -0.15) is 0 Å². The van der Waals surface area contributed by atoms with Crippen LogP contribution in [-0.2, 0) is 0 Å². The van der Waals surface area contributed by atoms with Crippen LogP contribution in [0.4, 0.5) is 0 Å². The predicted molar refractivity (Wildman–Crippen MR) is 65.1 cm³/mol. The van der Waals surface area contributed by atoms with Crippen LogP contribution in [0.3, 0.4) is 0 Å². The molecule has 1 saturated heterocycles. The van der Waals surface area contributed by atoms with Gasteiger partial charge in [-0.3, -0.25) is 4.90 Å². The fraction of sp³-hybridized carbons (Fsp3) is 0.538. The third kappa shape index (κ3) is 2.61. The summed E-state index contributed by atoms with van der Waals surface area (Å²) in [4.78, 5) is 2.34. The second kappa shape index (κ2) is 5.43. The molecule has 2 unspecified atom stereocenters. The van der Waals surface area contributed by atoms with Crippen LogP contribution in [0.15, 0.2) is 30.3 Å². The number of benzene rings is 1. The highest BCUT2D eigenvalue weighted by Crippen LogP contribution is 2.27. The molecule has 3 heteroatoms. The summed E-state index contributed by atoms with van der Waals surface area (Å²) in [7, 11) is 0. The van der Waals surface area contributed by atoms with Crippen molar-refractivity contribution in [1.82, 2.24) is 4.90 Å². The van der Waals surface area contributed by atoms with Gasteiger partial charge in [-0.15, -0.1) is 0 Å². The van der Waals surface area contributed by atoms with Gasteiger partial charge >= 0.3 is 0 Å². The van der Waals surface area contributed by atoms with Gasteiger partial charge in [-0.1, -0.05) is 30.3 Å². The average Bonchev–Trinajstić information content (AvgIpc) is 2.74. The van der Waals surface area contributed by atoms with E-state index < -0.39 is 0 Å². The molecule has 16 heavy (non-hydrogen) atoms. The lowest BCUT2D eigenvalue weighted by molar-refractivity contribution is 0.156. The lowest BCUT2D eigenvalue weighted by Crippen LogP contribution is -2.29. The quantitative estimate of drug-likeness (QED) is 0.800. The molecule has 2 atom stereocenters. The maximum atomic E-state index is 9.59. The first kappa shape index (κ1) is 11.6. The van der Waals surface area contributed by atoms with Crippen molar-refractivity contribution < 1.29 is 5.11 Å². The second-order valence-electron chi connectivity index (χ2n) is 4.44. The van der Waals surface area contributed by atoms with E-state index in [2.05, 4.69) is 29.2 Å². The number of β-amino-alcohol motifs (C(OH)–C–C–N with tert-alkyl or cyclic N) is 1. The molecule has 1 aliphatic rings. The van der Waals surface area contributed by atoms with Crippen molar-refractivity contribution in [3.8, 4) is 0 Å². The van der Waals surface area contributed by atoms with Crippen molar-refractivity contribution in [3.63, 3.8) is 0 Å². The van der Waals surface area contributed by atoms with Crippen LogP contribution in [0.25, 0.3) is 0 Å². The lowest BCUT2D eigenvalue weighted by Gasteiger charge is -2.27. The van der Waals surface area contributed by atoms with Crippen LogP contribution in [0.2, 0.25) is 0 Å². The van der Waals surface area contributed by atoms with Gasteiger partial charge in [0.2, 0.25) is 0 Å². The molecule has 1 fully saturated rings. The highest BCUT2D eigenvalue weighted by molar-refractivity contribution is 5.19. The third-order valence-electron chi connectivity index (χ3n) is 3.26. The van der Waals surface area contributed by atoms with E-state index in [1.165, 1.54) is 5.56 Å². The molecule has 1 aromatic rings. The van der Waals surface area contributed by atoms with E-state index in [-0.39, 0.29) is 6.10 Å². The van der Waals surface area contributed by atoms with Crippen molar-refractivity contribution in [3.05, 3.63) is 35.9 Å². The number of aliphatic hydroxyl groups is 1. The van der Waals surface area contributed by atoms with E-state index >= 15 is 0 Å². The van der Waals surface area contributed by atoms with Crippen LogP contribution in [0, 0.1) is 0 Å². The van der Waals surface area contributed by atoms with Gasteiger partial charge in [-0.25, -0.2) is 0 Å². The Morgan fingerprint density at radius 1 is 1.38 bits per heavy atom. The number of likely N-dealkylation sites (tertiary alicyclic amines) is 1. The molecule has 1 heterocycles. The number of hydrogen-bond donors (Lipinski definition) is 2. The Labute approximate surface area is 96.9 Å². The lowest BCUT2D eigenvalue weighted by atomic mass is 10.0. The largest absolute Gasteiger partial charge is 0.392 e. The maximum absolute atomic E-state index is 9.59. The molecule has 0 radical (unpaired) electrons. The van der Waals surface area contributed by atoms with Gasteiger partial charge in [0.05, 0.1) is 6.10 Å². The van der Waals surface area contributed by atoms with Crippen LogP contribution in [-0.4, -0.2) is 35.7 Å². The van der Waals surface area contributed by atoms with Crippen LogP contribution >= 0.6 is 0 Å². The Morgan fingerprint density at radius 3 is 2.69 bits per heavy atom. The summed E-state index contributed by atoms with van der Waals surface area (Å²) in [5.74, 6) is 0. The van der Waals surface area contributed by atoms with Gasteiger partial charge in [0, 0.05) is 19.1 Å². The van der Waals surface area contributed by atoms with Crippen molar-refractivity contribution in [2.75, 3.05) is 19.6 Å². The van der Waals surface area contributed by atoms with E-state index in [1.807, 2.05) is 6.07 Å². The number of rotatable bonds is 4. The summed E-state index contributed by atoms with van der Waals surface area (Å²) in [5.41, 5.74) is 6.99. The van der Waals surface area contributed by atoms with Gasteiger partial charge in [0.25, 0.3) is 0 Å². The average molecular weight is 220 g/mol. The Balaban J connectivity index is 2.11. The molecule has 88 valence electrons. The maximum Gasteiger partial charge on any atom is 0.0679 e. The first-order chi connectivity index (χ1) is 7.81. The SMILES string of the molecule is NCCC(c1ccccc1)N1CCC(O)C1. The van der Waals surface area contributed by atoms with Gasteiger partial charge in [-0.05, 0) is 24.9 Å². The van der Waals surface area contributed by atoms with Crippen molar-refractivity contribution in [1.29, 1.82) is 0 Å². The molecule has 0 aromatic heterocycles. The smallest absolute Gasteiger partial charge is 0.0679 e. The third-order valence-corrected chi connectivity index (χ3v) is 3.26. The summed E-state index contributed by atoms with van der Waals surface area (Å²) in [6, 6.07) is 10.8. The van der Waals surface area contributed by atoms with E-state index in [0.717, 1.165) is 25.9 Å². The molecular formula is C13H20N2O. The fourth-order valence-electron chi connectivity index (χ4n) is 2.44. The molecule has 1 aliphatic heterocycles. The van der Waals surface area contributed by atoms with E-state index in [4.69, 9.17) is 5.73 Å². The van der Waals surface area contributed by atoms with Crippen LogP contribution in [0.5, 0.6) is 0 Å². The van der Waals surface area contributed by atoms with E-state index in [0.29, 0.717) is 12.6 Å². The van der Waals surface area contributed by atoms with Crippen molar-refractivity contribution >= 4 is 0 Å². The summed E-state index contributed by atoms with van der Waals surface area (Å²) in [6.45, 7) is 2.44. The van der Waals surface area contributed by atoms with Gasteiger partial charge < -0.3 is 10.8 Å². The predicted octanol–water partition coefficient (Wildman–Crippen LogP) is 1.14. The molecule has 0 amide bonds. The minimum Gasteiger partial charge on any atom is -0.392 e. The summed E-state index contributed by atoms with van der Waals surface area (Å²) >= 11 is 0. The minimum absolute atomic E-state index is 0.163. The minimum atomic E-state index is -0.163. The molecule has 0 aliphatic carbocycles. The molecule has 3 nitrogen and oxygen atoms in total. The van der Waals surface area contributed by atoms with Crippen molar-refractivity contribution in [2.24, 2.45) is 5.73 Å². The highest BCUT2D eigenvalue weighted by Gasteiger charge is 2.27. The first-order valence-corrected chi connectivity index (χ1v) is 5.98. The monoisotopic (exact) mass is 220 g/mol. The summed E-state index contributed by atoms with van der Waals surface area (Å²) in [6.07, 6.45) is 1.67. The zero-order chi connectivity index (χ0) is 11.4. The molecule has 2 rings (SSSR count). The Kier molecular flexibility index (Phi) is 3.93. The van der Waals surface area contributed by atoms with Gasteiger partial charge in [0.15, 0.2) is 0 Å². The van der Waals surface area contributed by atoms with Gasteiger partial charge in [0.1, 0.15) is 0 Å².